The van der Waals surface area contributed by atoms with Gasteiger partial charge >= 0.3 is 5.97 Å². The van der Waals surface area contributed by atoms with Crippen molar-refractivity contribution in [3.8, 4) is 0 Å². The molecule has 0 radical (unpaired) electrons. The Kier molecular flexibility index (Phi) is 1.89. The molecule has 0 saturated heterocycles. The molecule has 1 aromatic heterocycles. The van der Waals surface area contributed by atoms with Crippen molar-refractivity contribution in [3.63, 3.8) is 0 Å². The number of carboxylic acids is 1. The van der Waals surface area contributed by atoms with Gasteiger partial charge in [-0.1, -0.05) is 0 Å². The van der Waals surface area contributed by atoms with Crippen LogP contribution >= 0.6 is 0 Å². The lowest BCUT2D eigenvalue weighted by Crippen LogP contribution is -1.98. The summed E-state index contributed by atoms with van der Waals surface area (Å²) in [6.07, 6.45) is 3.14. The molecule has 14 heavy (non-hydrogen) atoms. The van der Waals surface area contributed by atoms with Gasteiger partial charge in [0.2, 0.25) is 0 Å². The summed E-state index contributed by atoms with van der Waals surface area (Å²) >= 11 is 0. The van der Waals surface area contributed by atoms with Crippen LogP contribution in [0.4, 0.5) is 0 Å². The van der Waals surface area contributed by atoms with E-state index in [-0.39, 0.29) is 5.56 Å². The fourth-order valence-corrected chi connectivity index (χ4v) is 1.37. The Bertz CT molecular complexity index is 508. The molecule has 2 aromatic rings. The molecule has 0 amide bonds. The smallest absolute Gasteiger partial charge is 0.335 e. The van der Waals surface area contributed by atoms with Gasteiger partial charge in [0, 0.05) is 12.4 Å². The van der Waals surface area contributed by atoms with Crippen molar-refractivity contribution in [1.29, 1.82) is 0 Å². The van der Waals surface area contributed by atoms with Crippen molar-refractivity contribution in [2.75, 3.05) is 0 Å². The van der Waals surface area contributed by atoms with Gasteiger partial charge in [-0.15, -0.1) is 0 Å². The zero-order valence-corrected chi connectivity index (χ0v) is 7.56. The molecule has 0 fully saturated rings. The predicted molar refractivity (Wildman–Crippen MR) is 51.2 cm³/mol. The number of carboxylic acid groups (broad SMARTS) is 1. The number of aryl methyl sites for hydroxylation is 1. The Labute approximate surface area is 80.2 Å². The van der Waals surface area contributed by atoms with Gasteiger partial charge in [0.1, 0.15) is 0 Å². The van der Waals surface area contributed by atoms with E-state index in [2.05, 4.69) is 9.97 Å². The molecular formula is C10H8N2O2. The SMILES string of the molecule is Cc1cc(C(=O)O)cc2nccnc12. The van der Waals surface area contributed by atoms with E-state index in [0.717, 1.165) is 11.1 Å². The zero-order chi connectivity index (χ0) is 10.1. The second-order valence-corrected chi connectivity index (χ2v) is 3.02. The van der Waals surface area contributed by atoms with Gasteiger partial charge in [-0.25, -0.2) is 4.79 Å². The lowest BCUT2D eigenvalue weighted by Gasteiger charge is -2.01. The maximum absolute atomic E-state index is 10.7. The van der Waals surface area contributed by atoms with Gasteiger partial charge in [0.25, 0.3) is 0 Å². The maximum Gasteiger partial charge on any atom is 0.335 e. The van der Waals surface area contributed by atoms with Crippen LogP contribution in [0.1, 0.15) is 15.9 Å². The molecule has 1 aromatic carbocycles. The first-order valence-corrected chi connectivity index (χ1v) is 4.13. The third-order valence-electron chi connectivity index (χ3n) is 2.01. The van der Waals surface area contributed by atoms with Crippen molar-refractivity contribution in [1.82, 2.24) is 9.97 Å². The van der Waals surface area contributed by atoms with Crippen LogP contribution in [-0.2, 0) is 0 Å². The summed E-state index contributed by atoms with van der Waals surface area (Å²) in [6, 6.07) is 3.12. The normalized spacial score (nSPS) is 10.4. The summed E-state index contributed by atoms with van der Waals surface area (Å²) in [4.78, 5) is 18.9. The van der Waals surface area contributed by atoms with Gasteiger partial charge < -0.3 is 5.11 Å². The number of benzene rings is 1. The highest BCUT2D eigenvalue weighted by molar-refractivity contribution is 5.93. The number of nitrogens with zero attached hydrogens (tertiary/aromatic N) is 2. The molecule has 4 nitrogen and oxygen atoms in total. The molecule has 0 saturated carbocycles. The number of carbonyl (C=O) groups is 1. The maximum atomic E-state index is 10.7. The van der Waals surface area contributed by atoms with Crippen LogP contribution in [0.25, 0.3) is 11.0 Å². The Hall–Kier alpha value is -1.97. The molecule has 0 spiro atoms. The number of hydrogen-bond donors (Lipinski definition) is 1. The largest absolute Gasteiger partial charge is 0.478 e. The Morgan fingerprint density at radius 2 is 2.00 bits per heavy atom. The van der Waals surface area contributed by atoms with Crippen molar-refractivity contribution in [2.24, 2.45) is 0 Å². The van der Waals surface area contributed by atoms with Crippen molar-refractivity contribution in [2.45, 2.75) is 6.92 Å². The second-order valence-electron chi connectivity index (χ2n) is 3.02. The van der Waals surface area contributed by atoms with E-state index >= 15 is 0 Å². The number of aromatic nitrogens is 2. The molecular weight excluding hydrogens is 180 g/mol. The van der Waals surface area contributed by atoms with Crippen LogP contribution in [0, 0.1) is 6.92 Å². The Balaban J connectivity index is 2.78. The monoisotopic (exact) mass is 188 g/mol. The quantitative estimate of drug-likeness (QED) is 0.738. The first-order chi connectivity index (χ1) is 6.68. The molecule has 1 N–H and O–H groups in total. The summed E-state index contributed by atoms with van der Waals surface area (Å²) in [6.45, 7) is 1.82. The highest BCUT2D eigenvalue weighted by Crippen LogP contribution is 2.15. The van der Waals surface area contributed by atoms with Gasteiger partial charge in [-0.05, 0) is 24.6 Å². The highest BCUT2D eigenvalue weighted by atomic mass is 16.4. The van der Waals surface area contributed by atoms with Gasteiger partial charge in [0.05, 0.1) is 16.6 Å². The Morgan fingerprint density at radius 3 is 2.71 bits per heavy atom. The van der Waals surface area contributed by atoms with Crippen LogP contribution in [0.5, 0.6) is 0 Å². The van der Waals surface area contributed by atoms with E-state index in [1.165, 1.54) is 6.07 Å². The third kappa shape index (κ3) is 1.31. The fourth-order valence-electron chi connectivity index (χ4n) is 1.37. The minimum atomic E-state index is -0.944. The molecule has 0 aliphatic rings. The van der Waals surface area contributed by atoms with E-state index in [9.17, 15) is 4.79 Å². The van der Waals surface area contributed by atoms with Crippen LogP contribution in [0.15, 0.2) is 24.5 Å². The summed E-state index contributed by atoms with van der Waals surface area (Å²) < 4.78 is 0. The second kappa shape index (κ2) is 3.06. The lowest BCUT2D eigenvalue weighted by molar-refractivity contribution is 0.0697. The van der Waals surface area contributed by atoms with Gasteiger partial charge in [-0.3, -0.25) is 9.97 Å². The first kappa shape index (κ1) is 8.62. The van der Waals surface area contributed by atoms with E-state index in [4.69, 9.17) is 5.11 Å². The zero-order valence-electron chi connectivity index (χ0n) is 7.56. The third-order valence-corrected chi connectivity index (χ3v) is 2.01. The molecule has 0 aliphatic heterocycles. The summed E-state index contributed by atoms with van der Waals surface area (Å²) in [5.41, 5.74) is 2.44. The number of rotatable bonds is 1. The topological polar surface area (TPSA) is 63.1 Å². The molecule has 0 unspecified atom stereocenters. The molecule has 0 atom stereocenters. The summed E-state index contributed by atoms with van der Waals surface area (Å²) in [5, 5.41) is 8.82. The van der Waals surface area contributed by atoms with E-state index in [1.807, 2.05) is 6.92 Å². The number of fused-ring (bicyclic) bond motifs is 1. The fraction of sp³-hybridized carbons (Fsp3) is 0.100. The van der Waals surface area contributed by atoms with Gasteiger partial charge in [0.15, 0.2) is 0 Å². The average Bonchev–Trinajstić information content (AvgIpc) is 2.17. The van der Waals surface area contributed by atoms with E-state index < -0.39 is 5.97 Å². The highest BCUT2D eigenvalue weighted by Gasteiger charge is 2.07. The average molecular weight is 188 g/mol. The summed E-state index contributed by atoms with van der Waals surface area (Å²) in [5.74, 6) is -0.944. The minimum Gasteiger partial charge on any atom is -0.478 e. The predicted octanol–water partition coefficient (Wildman–Crippen LogP) is 1.64. The van der Waals surface area contributed by atoms with Crippen LogP contribution < -0.4 is 0 Å². The van der Waals surface area contributed by atoms with Crippen molar-refractivity contribution < 1.29 is 9.90 Å². The van der Waals surface area contributed by atoms with Crippen LogP contribution in [0.2, 0.25) is 0 Å². The minimum absolute atomic E-state index is 0.246. The molecule has 0 aliphatic carbocycles. The molecule has 70 valence electrons. The molecule has 2 rings (SSSR count). The lowest BCUT2D eigenvalue weighted by atomic mass is 10.1. The molecule has 0 bridgehead atoms. The van der Waals surface area contributed by atoms with Gasteiger partial charge in [-0.2, -0.15) is 0 Å². The van der Waals surface area contributed by atoms with Crippen molar-refractivity contribution >= 4 is 17.0 Å². The number of aromatic carboxylic acids is 1. The first-order valence-electron chi connectivity index (χ1n) is 4.13. The summed E-state index contributed by atoms with van der Waals surface area (Å²) in [7, 11) is 0. The molecule has 4 heteroatoms. The molecule has 1 heterocycles. The Morgan fingerprint density at radius 1 is 1.29 bits per heavy atom. The number of hydrogen-bond acceptors (Lipinski definition) is 3. The van der Waals surface area contributed by atoms with Crippen LogP contribution in [-0.4, -0.2) is 21.0 Å². The van der Waals surface area contributed by atoms with Crippen LogP contribution in [0.3, 0.4) is 0 Å². The standard InChI is InChI=1S/C10H8N2O2/c1-6-4-7(10(13)14)5-8-9(6)12-3-2-11-8/h2-5H,1H3,(H,13,14). The van der Waals surface area contributed by atoms with E-state index in [1.54, 1.807) is 18.5 Å². The van der Waals surface area contributed by atoms with Crippen molar-refractivity contribution in [3.05, 3.63) is 35.7 Å². The van der Waals surface area contributed by atoms with E-state index in [0.29, 0.717) is 5.52 Å².